The number of piperidine rings is 1. The first-order chi connectivity index (χ1) is 6.77. The zero-order valence-corrected chi connectivity index (χ0v) is 10.1. The van der Waals surface area contributed by atoms with E-state index in [9.17, 15) is 0 Å². The Morgan fingerprint density at radius 2 is 2.21 bits per heavy atom. The predicted molar refractivity (Wildman–Crippen MR) is 62.6 cm³/mol. The Labute approximate surface area is 89.1 Å². The fourth-order valence-electron chi connectivity index (χ4n) is 2.58. The lowest BCUT2D eigenvalue weighted by Gasteiger charge is -2.36. The van der Waals surface area contributed by atoms with Crippen molar-refractivity contribution in [3.8, 4) is 0 Å². The summed E-state index contributed by atoms with van der Waals surface area (Å²) in [5.41, 5.74) is 0. The topological polar surface area (TPSA) is 15.3 Å². The van der Waals surface area contributed by atoms with Gasteiger partial charge in [0.2, 0.25) is 0 Å². The Hall–Kier alpha value is -0.0800. The minimum atomic E-state index is 0.784. The molecule has 0 aromatic rings. The molecule has 0 bridgehead atoms. The molecule has 2 atom stereocenters. The summed E-state index contributed by atoms with van der Waals surface area (Å²) in [7, 11) is 2.05. The first-order valence-corrected chi connectivity index (χ1v) is 6.16. The molecule has 0 amide bonds. The number of nitrogens with zero attached hydrogens (tertiary/aromatic N) is 1. The standard InChI is InChI=1S/C12H26N2/c1-4-12-7-5-6-8-14(12)10-11(2)9-13-3/h11-13H,4-10H2,1-3H3. The van der Waals surface area contributed by atoms with Gasteiger partial charge in [0.25, 0.3) is 0 Å². The van der Waals surface area contributed by atoms with Crippen molar-refractivity contribution in [1.29, 1.82) is 0 Å². The second kappa shape index (κ2) is 6.41. The van der Waals surface area contributed by atoms with Crippen LogP contribution in [-0.2, 0) is 0 Å². The second-order valence-electron chi connectivity index (χ2n) is 4.72. The van der Waals surface area contributed by atoms with E-state index in [0.29, 0.717) is 0 Å². The molecule has 1 aliphatic heterocycles. The summed E-state index contributed by atoms with van der Waals surface area (Å²) in [6, 6.07) is 0.864. The van der Waals surface area contributed by atoms with E-state index in [2.05, 4.69) is 24.1 Å². The number of rotatable bonds is 5. The molecule has 1 fully saturated rings. The molecule has 2 nitrogen and oxygen atoms in total. The van der Waals surface area contributed by atoms with E-state index in [0.717, 1.165) is 18.5 Å². The average molecular weight is 198 g/mol. The van der Waals surface area contributed by atoms with Gasteiger partial charge in [-0.3, -0.25) is 0 Å². The van der Waals surface area contributed by atoms with E-state index in [4.69, 9.17) is 0 Å². The van der Waals surface area contributed by atoms with Gasteiger partial charge in [-0.1, -0.05) is 20.3 Å². The van der Waals surface area contributed by atoms with Crippen molar-refractivity contribution < 1.29 is 0 Å². The van der Waals surface area contributed by atoms with Gasteiger partial charge in [-0.2, -0.15) is 0 Å². The van der Waals surface area contributed by atoms with E-state index < -0.39 is 0 Å². The largest absolute Gasteiger partial charge is 0.319 e. The molecule has 0 radical (unpaired) electrons. The summed E-state index contributed by atoms with van der Waals surface area (Å²) in [4.78, 5) is 2.70. The molecule has 1 N–H and O–H groups in total. The molecule has 1 saturated heterocycles. The molecule has 0 spiro atoms. The monoisotopic (exact) mass is 198 g/mol. The summed E-state index contributed by atoms with van der Waals surface area (Å²) >= 11 is 0. The van der Waals surface area contributed by atoms with Crippen LogP contribution < -0.4 is 5.32 Å². The number of likely N-dealkylation sites (tertiary alicyclic amines) is 1. The van der Waals surface area contributed by atoms with Crippen molar-refractivity contribution in [2.45, 2.75) is 45.6 Å². The SMILES string of the molecule is CCC1CCCCN1CC(C)CNC. The van der Waals surface area contributed by atoms with Gasteiger partial charge >= 0.3 is 0 Å². The normalized spacial score (nSPS) is 26.4. The van der Waals surface area contributed by atoms with Crippen molar-refractivity contribution in [3.05, 3.63) is 0 Å². The van der Waals surface area contributed by atoms with Crippen LogP contribution >= 0.6 is 0 Å². The zero-order valence-electron chi connectivity index (χ0n) is 10.1. The Kier molecular flexibility index (Phi) is 5.49. The maximum atomic E-state index is 3.26. The summed E-state index contributed by atoms with van der Waals surface area (Å²) in [6.07, 6.45) is 5.59. The van der Waals surface area contributed by atoms with E-state index in [1.807, 2.05) is 7.05 Å². The highest BCUT2D eigenvalue weighted by Crippen LogP contribution is 2.20. The van der Waals surface area contributed by atoms with Crippen LogP contribution in [0, 0.1) is 5.92 Å². The van der Waals surface area contributed by atoms with Gasteiger partial charge in [-0.15, -0.1) is 0 Å². The van der Waals surface area contributed by atoms with E-state index in [1.54, 1.807) is 0 Å². The summed E-state index contributed by atoms with van der Waals surface area (Å²) in [5, 5.41) is 3.26. The van der Waals surface area contributed by atoms with Gasteiger partial charge in [0.05, 0.1) is 0 Å². The van der Waals surface area contributed by atoms with Gasteiger partial charge in [0.1, 0.15) is 0 Å². The first kappa shape index (κ1) is 12.0. The van der Waals surface area contributed by atoms with E-state index in [1.165, 1.54) is 38.8 Å². The molecule has 0 aromatic heterocycles. The lowest BCUT2D eigenvalue weighted by molar-refractivity contribution is 0.125. The lowest BCUT2D eigenvalue weighted by Crippen LogP contribution is -2.42. The predicted octanol–water partition coefficient (Wildman–Crippen LogP) is 2.11. The molecule has 1 aliphatic rings. The molecule has 84 valence electrons. The van der Waals surface area contributed by atoms with Crippen LogP contribution in [-0.4, -0.2) is 37.6 Å². The minimum absolute atomic E-state index is 0.784. The minimum Gasteiger partial charge on any atom is -0.319 e. The van der Waals surface area contributed by atoms with Gasteiger partial charge in [-0.25, -0.2) is 0 Å². The quantitative estimate of drug-likeness (QED) is 0.728. The number of nitrogens with one attached hydrogen (secondary N) is 1. The van der Waals surface area contributed by atoms with Gasteiger partial charge < -0.3 is 10.2 Å². The van der Waals surface area contributed by atoms with Crippen molar-refractivity contribution in [2.75, 3.05) is 26.7 Å². The van der Waals surface area contributed by atoms with Crippen molar-refractivity contribution >= 4 is 0 Å². The smallest absolute Gasteiger partial charge is 0.00927 e. The highest BCUT2D eigenvalue weighted by atomic mass is 15.2. The zero-order chi connectivity index (χ0) is 10.4. The molecule has 1 heterocycles. The first-order valence-electron chi connectivity index (χ1n) is 6.16. The van der Waals surface area contributed by atoms with Gasteiger partial charge in [0, 0.05) is 12.6 Å². The molecule has 0 saturated carbocycles. The van der Waals surface area contributed by atoms with Gasteiger partial charge in [-0.05, 0) is 45.3 Å². The molecule has 14 heavy (non-hydrogen) atoms. The fourth-order valence-corrected chi connectivity index (χ4v) is 2.58. The lowest BCUT2D eigenvalue weighted by atomic mass is 9.98. The van der Waals surface area contributed by atoms with E-state index >= 15 is 0 Å². The van der Waals surface area contributed by atoms with Crippen molar-refractivity contribution in [2.24, 2.45) is 5.92 Å². The molecule has 2 heteroatoms. The average Bonchev–Trinajstić information content (AvgIpc) is 2.19. The molecular weight excluding hydrogens is 172 g/mol. The fraction of sp³-hybridized carbons (Fsp3) is 1.00. The molecule has 2 unspecified atom stereocenters. The Morgan fingerprint density at radius 1 is 1.43 bits per heavy atom. The highest BCUT2D eigenvalue weighted by Gasteiger charge is 2.21. The van der Waals surface area contributed by atoms with E-state index in [-0.39, 0.29) is 0 Å². The third-order valence-electron chi connectivity index (χ3n) is 3.32. The summed E-state index contributed by atoms with van der Waals surface area (Å²) in [6.45, 7) is 8.42. The Morgan fingerprint density at radius 3 is 2.86 bits per heavy atom. The number of hydrogen-bond acceptors (Lipinski definition) is 2. The molecule has 0 aliphatic carbocycles. The van der Waals surface area contributed by atoms with Crippen LogP contribution in [0.25, 0.3) is 0 Å². The van der Waals surface area contributed by atoms with Crippen molar-refractivity contribution in [1.82, 2.24) is 10.2 Å². The van der Waals surface area contributed by atoms with Crippen LogP contribution in [0.15, 0.2) is 0 Å². The maximum absolute atomic E-state index is 3.26. The molecule has 1 rings (SSSR count). The van der Waals surface area contributed by atoms with Crippen LogP contribution in [0.3, 0.4) is 0 Å². The summed E-state index contributed by atoms with van der Waals surface area (Å²) in [5.74, 6) is 0.784. The van der Waals surface area contributed by atoms with Crippen LogP contribution in [0.2, 0.25) is 0 Å². The third kappa shape index (κ3) is 3.58. The van der Waals surface area contributed by atoms with Crippen LogP contribution in [0.1, 0.15) is 39.5 Å². The van der Waals surface area contributed by atoms with Gasteiger partial charge in [0.15, 0.2) is 0 Å². The van der Waals surface area contributed by atoms with Crippen LogP contribution in [0.4, 0.5) is 0 Å². The maximum Gasteiger partial charge on any atom is 0.00927 e. The van der Waals surface area contributed by atoms with Crippen LogP contribution in [0.5, 0.6) is 0 Å². The second-order valence-corrected chi connectivity index (χ2v) is 4.72. The van der Waals surface area contributed by atoms with Crippen molar-refractivity contribution in [3.63, 3.8) is 0 Å². The Bertz CT molecular complexity index is 147. The number of hydrogen-bond donors (Lipinski definition) is 1. The molecule has 0 aromatic carbocycles. The third-order valence-corrected chi connectivity index (χ3v) is 3.32. The molecular formula is C12H26N2. The summed E-state index contributed by atoms with van der Waals surface area (Å²) < 4.78 is 0. The Balaban J connectivity index is 2.32. The highest BCUT2D eigenvalue weighted by molar-refractivity contribution is 4.77.